The number of nitrogens with zero attached hydrogens (tertiary/aromatic N) is 1. The molecule has 0 atom stereocenters. The molecule has 0 fully saturated rings. The third-order valence-corrected chi connectivity index (χ3v) is 4.19. The Balaban J connectivity index is 1.92. The zero-order valence-electron chi connectivity index (χ0n) is 15.7. The molecule has 0 aromatic heterocycles. The number of rotatable bonds is 7. The smallest absolute Gasteiger partial charge is 0.191 e. The van der Waals surface area contributed by atoms with E-state index in [1.54, 1.807) is 7.05 Å². The van der Waals surface area contributed by atoms with Gasteiger partial charge in [0.2, 0.25) is 0 Å². The lowest BCUT2D eigenvalue weighted by Gasteiger charge is -2.15. The summed E-state index contributed by atoms with van der Waals surface area (Å²) in [6, 6.07) is 14.9. The van der Waals surface area contributed by atoms with Crippen LogP contribution in [0.5, 0.6) is 0 Å². The summed E-state index contributed by atoms with van der Waals surface area (Å²) in [6.45, 7) is 9.11. The lowest BCUT2D eigenvalue weighted by atomic mass is 10.1. The first-order valence-corrected chi connectivity index (χ1v) is 8.79. The Morgan fingerprint density at radius 3 is 2.28 bits per heavy atom. The van der Waals surface area contributed by atoms with Crippen LogP contribution in [0.15, 0.2) is 47.5 Å². The Kier molecular flexibility index (Phi) is 7.48. The number of guanidine groups is 1. The molecule has 0 spiro atoms. The Morgan fingerprint density at radius 1 is 0.960 bits per heavy atom. The van der Waals surface area contributed by atoms with Crippen LogP contribution in [0.4, 0.5) is 0 Å². The maximum atomic E-state index is 5.55. The molecule has 2 N–H and O–H groups in total. The van der Waals surface area contributed by atoms with Crippen molar-refractivity contribution in [3.05, 3.63) is 70.3 Å². The highest BCUT2D eigenvalue weighted by molar-refractivity contribution is 5.79. The first-order valence-electron chi connectivity index (χ1n) is 8.79. The van der Waals surface area contributed by atoms with E-state index in [0.29, 0.717) is 6.61 Å². The van der Waals surface area contributed by atoms with E-state index in [4.69, 9.17) is 4.74 Å². The molecule has 0 aliphatic carbocycles. The fourth-order valence-electron chi connectivity index (χ4n) is 2.71. The minimum absolute atomic E-state index is 0.642. The van der Waals surface area contributed by atoms with Crippen LogP contribution in [0.3, 0.4) is 0 Å². The fraction of sp³-hybridized carbons (Fsp3) is 0.381. The van der Waals surface area contributed by atoms with E-state index in [1.807, 2.05) is 13.0 Å². The van der Waals surface area contributed by atoms with E-state index in [-0.39, 0.29) is 0 Å². The monoisotopic (exact) mass is 339 g/mol. The molecule has 4 heteroatoms. The van der Waals surface area contributed by atoms with Gasteiger partial charge in [0.15, 0.2) is 5.96 Å². The molecule has 0 saturated carbocycles. The number of aryl methyl sites for hydroxylation is 2. The Labute approximate surface area is 151 Å². The molecule has 0 bridgehead atoms. The van der Waals surface area contributed by atoms with Crippen LogP contribution in [-0.4, -0.2) is 19.6 Å². The van der Waals surface area contributed by atoms with E-state index < -0.39 is 0 Å². The SMILES string of the molecule is CCOCc1ccccc1CNC(=NC)NCc1ccc(C)cc1C. The van der Waals surface area contributed by atoms with Gasteiger partial charge in [0.05, 0.1) is 6.61 Å². The van der Waals surface area contributed by atoms with Gasteiger partial charge >= 0.3 is 0 Å². The van der Waals surface area contributed by atoms with Crippen LogP contribution in [0.25, 0.3) is 0 Å². The molecule has 0 aliphatic heterocycles. The van der Waals surface area contributed by atoms with Gasteiger partial charge in [-0.1, -0.05) is 48.0 Å². The predicted octanol–water partition coefficient (Wildman–Crippen LogP) is 3.71. The van der Waals surface area contributed by atoms with Crippen LogP contribution in [0.1, 0.15) is 34.7 Å². The van der Waals surface area contributed by atoms with Crippen molar-refractivity contribution in [3.8, 4) is 0 Å². The predicted molar refractivity (Wildman–Crippen MR) is 105 cm³/mol. The van der Waals surface area contributed by atoms with Gasteiger partial charge in [0.1, 0.15) is 0 Å². The van der Waals surface area contributed by atoms with E-state index in [2.05, 4.69) is 65.9 Å². The standard InChI is InChI=1S/C21H29N3O/c1-5-25-15-20-9-7-6-8-19(20)14-24-21(22-4)23-13-18-11-10-16(2)12-17(18)3/h6-12H,5,13-15H2,1-4H3,(H2,22,23,24). The number of aliphatic imine (C=N–C) groups is 1. The van der Waals surface area contributed by atoms with E-state index in [0.717, 1.165) is 25.7 Å². The molecular weight excluding hydrogens is 310 g/mol. The summed E-state index contributed by atoms with van der Waals surface area (Å²) in [7, 11) is 1.80. The third-order valence-electron chi connectivity index (χ3n) is 4.19. The second-order valence-corrected chi connectivity index (χ2v) is 6.12. The van der Waals surface area contributed by atoms with E-state index in [9.17, 15) is 0 Å². The zero-order valence-corrected chi connectivity index (χ0v) is 15.7. The zero-order chi connectivity index (χ0) is 18.1. The van der Waals surface area contributed by atoms with Crippen LogP contribution in [0, 0.1) is 13.8 Å². The summed E-state index contributed by atoms with van der Waals surface area (Å²) in [6.07, 6.45) is 0. The molecule has 0 saturated heterocycles. The molecule has 2 aromatic rings. The van der Waals surface area contributed by atoms with Crippen molar-refractivity contribution in [2.75, 3.05) is 13.7 Å². The van der Waals surface area contributed by atoms with Crippen molar-refractivity contribution >= 4 is 5.96 Å². The van der Waals surface area contributed by atoms with Crippen molar-refractivity contribution in [1.29, 1.82) is 0 Å². The average molecular weight is 339 g/mol. The first-order chi connectivity index (χ1) is 12.1. The second-order valence-electron chi connectivity index (χ2n) is 6.12. The van der Waals surface area contributed by atoms with Crippen molar-refractivity contribution < 1.29 is 4.74 Å². The van der Waals surface area contributed by atoms with Gasteiger partial charge in [-0.15, -0.1) is 0 Å². The number of hydrogen-bond acceptors (Lipinski definition) is 2. The van der Waals surface area contributed by atoms with Crippen LogP contribution >= 0.6 is 0 Å². The van der Waals surface area contributed by atoms with Gasteiger partial charge < -0.3 is 15.4 Å². The summed E-state index contributed by atoms with van der Waals surface area (Å²) in [5, 5.41) is 6.77. The van der Waals surface area contributed by atoms with Gasteiger partial charge in [-0.25, -0.2) is 0 Å². The lowest BCUT2D eigenvalue weighted by molar-refractivity contribution is 0.133. The number of nitrogens with one attached hydrogen (secondary N) is 2. The molecule has 2 rings (SSSR count). The fourth-order valence-corrected chi connectivity index (χ4v) is 2.71. The first kappa shape index (κ1) is 19.0. The van der Waals surface area contributed by atoms with Crippen molar-refractivity contribution in [2.24, 2.45) is 4.99 Å². The van der Waals surface area contributed by atoms with Gasteiger partial charge in [-0.05, 0) is 43.0 Å². The summed E-state index contributed by atoms with van der Waals surface area (Å²) >= 11 is 0. The molecule has 25 heavy (non-hydrogen) atoms. The summed E-state index contributed by atoms with van der Waals surface area (Å²) in [5.74, 6) is 0.797. The average Bonchev–Trinajstić information content (AvgIpc) is 2.62. The molecule has 2 aromatic carbocycles. The molecule has 134 valence electrons. The number of benzene rings is 2. The minimum Gasteiger partial charge on any atom is -0.377 e. The highest BCUT2D eigenvalue weighted by Gasteiger charge is 2.05. The van der Waals surface area contributed by atoms with Crippen LogP contribution in [0.2, 0.25) is 0 Å². The number of ether oxygens (including phenoxy) is 1. The maximum absolute atomic E-state index is 5.55. The summed E-state index contributed by atoms with van der Waals surface area (Å²) < 4.78 is 5.55. The van der Waals surface area contributed by atoms with Crippen molar-refractivity contribution in [3.63, 3.8) is 0 Å². The topological polar surface area (TPSA) is 45.6 Å². The summed E-state index contributed by atoms with van der Waals surface area (Å²) in [4.78, 5) is 4.32. The molecule has 0 heterocycles. The largest absolute Gasteiger partial charge is 0.377 e. The Bertz CT molecular complexity index is 710. The van der Waals surface area contributed by atoms with Gasteiger partial charge in [-0.2, -0.15) is 0 Å². The van der Waals surface area contributed by atoms with Crippen molar-refractivity contribution in [1.82, 2.24) is 10.6 Å². The number of hydrogen-bond donors (Lipinski definition) is 2. The maximum Gasteiger partial charge on any atom is 0.191 e. The minimum atomic E-state index is 0.642. The Hall–Kier alpha value is -2.33. The van der Waals surface area contributed by atoms with Crippen LogP contribution in [-0.2, 0) is 24.4 Å². The quantitative estimate of drug-likeness (QED) is 0.597. The highest BCUT2D eigenvalue weighted by atomic mass is 16.5. The van der Waals surface area contributed by atoms with Crippen molar-refractivity contribution in [2.45, 2.75) is 40.5 Å². The van der Waals surface area contributed by atoms with Gasteiger partial charge in [0, 0.05) is 26.7 Å². The Morgan fingerprint density at radius 2 is 1.64 bits per heavy atom. The molecular formula is C21H29N3O. The van der Waals surface area contributed by atoms with Crippen LogP contribution < -0.4 is 10.6 Å². The molecule has 4 nitrogen and oxygen atoms in total. The van der Waals surface area contributed by atoms with E-state index >= 15 is 0 Å². The molecule has 0 aliphatic rings. The molecule has 0 radical (unpaired) electrons. The third kappa shape index (κ3) is 5.91. The normalized spacial score (nSPS) is 11.4. The lowest BCUT2D eigenvalue weighted by Crippen LogP contribution is -2.36. The summed E-state index contributed by atoms with van der Waals surface area (Å²) in [5.41, 5.74) is 6.30. The highest BCUT2D eigenvalue weighted by Crippen LogP contribution is 2.11. The molecule has 0 amide bonds. The van der Waals surface area contributed by atoms with E-state index in [1.165, 1.54) is 27.8 Å². The second kappa shape index (κ2) is 9.84. The molecule has 0 unspecified atom stereocenters. The van der Waals surface area contributed by atoms with Gasteiger partial charge in [-0.3, -0.25) is 4.99 Å². The van der Waals surface area contributed by atoms with Gasteiger partial charge in [0.25, 0.3) is 0 Å².